The predicted molar refractivity (Wildman–Crippen MR) is 72.6 cm³/mol. The van der Waals surface area contributed by atoms with E-state index >= 15 is 0 Å². The van der Waals surface area contributed by atoms with Crippen LogP contribution in [0.4, 0.5) is 5.69 Å². The summed E-state index contributed by atoms with van der Waals surface area (Å²) in [6, 6.07) is 6.47. The van der Waals surface area contributed by atoms with E-state index in [9.17, 15) is 9.59 Å². The lowest BCUT2D eigenvalue weighted by atomic mass is 10.2. The van der Waals surface area contributed by atoms with Crippen molar-refractivity contribution >= 4 is 28.9 Å². The highest BCUT2D eigenvalue weighted by Gasteiger charge is 2.10. The third-order valence-electron chi connectivity index (χ3n) is 2.38. The minimum Gasteiger partial charge on any atom is -0.465 e. The van der Waals surface area contributed by atoms with Gasteiger partial charge in [0.1, 0.15) is 0 Å². The summed E-state index contributed by atoms with van der Waals surface area (Å²) in [4.78, 5) is 27.2. The highest BCUT2D eigenvalue weighted by Crippen LogP contribution is 2.14. The van der Waals surface area contributed by atoms with E-state index in [1.54, 1.807) is 24.3 Å². The Kier molecular flexibility index (Phi) is 3.91. The summed E-state index contributed by atoms with van der Waals surface area (Å²) in [5, 5.41) is 4.94. The zero-order valence-corrected chi connectivity index (χ0v) is 11.3. The van der Waals surface area contributed by atoms with Gasteiger partial charge >= 0.3 is 5.97 Å². The molecule has 0 spiro atoms. The average Bonchev–Trinajstić information content (AvgIpc) is 2.85. The number of aromatic nitrogens is 1. The molecule has 0 fully saturated rings. The summed E-state index contributed by atoms with van der Waals surface area (Å²) in [6.07, 6.45) is 0. The number of hydrogen-bond acceptors (Lipinski definition) is 5. The smallest absolute Gasteiger partial charge is 0.337 e. The number of nitrogens with zero attached hydrogens (tertiary/aromatic N) is 1. The first-order chi connectivity index (χ1) is 9.10. The van der Waals surface area contributed by atoms with Crippen molar-refractivity contribution in [1.82, 2.24) is 4.98 Å². The van der Waals surface area contributed by atoms with Crippen LogP contribution in [0.5, 0.6) is 0 Å². The molecule has 0 aliphatic rings. The standard InChI is InChI=1S/C13H12N2O3S/c1-8-7-19-12(14-8)11(16)15-10-5-3-9(4-6-10)13(17)18-2/h3-7H,1-2H3,(H,15,16). The maximum absolute atomic E-state index is 11.8. The number of thiazole rings is 1. The largest absolute Gasteiger partial charge is 0.465 e. The summed E-state index contributed by atoms with van der Waals surface area (Å²) >= 11 is 1.29. The molecule has 0 saturated carbocycles. The minimum atomic E-state index is -0.409. The van der Waals surface area contributed by atoms with Crippen LogP contribution in [0.2, 0.25) is 0 Å². The second kappa shape index (κ2) is 5.62. The highest BCUT2D eigenvalue weighted by molar-refractivity contribution is 7.11. The molecule has 5 nitrogen and oxygen atoms in total. The Bertz CT molecular complexity index is 605. The van der Waals surface area contributed by atoms with Gasteiger partial charge in [-0.05, 0) is 31.2 Å². The average molecular weight is 276 g/mol. The number of benzene rings is 1. The topological polar surface area (TPSA) is 68.3 Å². The molecule has 1 amide bonds. The minimum absolute atomic E-state index is 0.260. The molecular weight excluding hydrogens is 264 g/mol. The first kappa shape index (κ1) is 13.2. The van der Waals surface area contributed by atoms with Crippen LogP contribution in [0.15, 0.2) is 29.6 Å². The lowest BCUT2D eigenvalue weighted by molar-refractivity contribution is 0.0600. The lowest BCUT2D eigenvalue weighted by Gasteiger charge is -2.04. The van der Waals surface area contributed by atoms with E-state index in [4.69, 9.17) is 0 Å². The number of anilines is 1. The Morgan fingerprint density at radius 1 is 1.26 bits per heavy atom. The molecule has 6 heteroatoms. The van der Waals surface area contributed by atoms with Crippen molar-refractivity contribution in [2.24, 2.45) is 0 Å². The molecule has 1 aromatic carbocycles. The number of carbonyl (C=O) groups excluding carboxylic acids is 2. The van der Waals surface area contributed by atoms with Gasteiger partial charge < -0.3 is 10.1 Å². The first-order valence-electron chi connectivity index (χ1n) is 5.52. The van der Waals surface area contributed by atoms with E-state index in [2.05, 4.69) is 15.0 Å². The van der Waals surface area contributed by atoms with E-state index in [0.717, 1.165) is 5.69 Å². The number of ether oxygens (including phenoxy) is 1. The van der Waals surface area contributed by atoms with Crippen LogP contribution in [0.25, 0.3) is 0 Å². The third kappa shape index (κ3) is 3.17. The number of aryl methyl sites for hydroxylation is 1. The molecule has 0 bridgehead atoms. The number of nitrogens with one attached hydrogen (secondary N) is 1. The predicted octanol–water partition coefficient (Wildman–Crippen LogP) is 2.49. The molecule has 1 N–H and O–H groups in total. The van der Waals surface area contributed by atoms with Gasteiger partial charge in [-0.15, -0.1) is 11.3 Å². The number of amides is 1. The fourth-order valence-electron chi connectivity index (χ4n) is 1.45. The maximum atomic E-state index is 11.8. The van der Waals surface area contributed by atoms with Crippen molar-refractivity contribution in [3.05, 3.63) is 45.9 Å². The number of methoxy groups -OCH3 is 1. The van der Waals surface area contributed by atoms with Gasteiger partial charge in [0.25, 0.3) is 5.91 Å². The van der Waals surface area contributed by atoms with Crippen molar-refractivity contribution in [1.29, 1.82) is 0 Å². The monoisotopic (exact) mass is 276 g/mol. The summed E-state index contributed by atoms with van der Waals surface area (Å²) in [6.45, 7) is 1.83. The van der Waals surface area contributed by atoms with Gasteiger partial charge in [-0.3, -0.25) is 4.79 Å². The van der Waals surface area contributed by atoms with E-state index < -0.39 is 5.97 Å². The molecule has 2 rings (SSSR count). The van der Waals surface area contributed by atoms with Crippen LogP contribution < -0.4 is 5.32 Å². The van der Waals surface area contributed by atoms with E-state index in [-0.39, 0.29) is 5.91 Å². The zero-order valence-electron chi connectivity index (χ0n) is 10.5. The summed E-state index contributed by atoms with van der Waals surface area (Å²) in [7, 11) is 1.32. The lowest BCUT2D eigenvalue weighted by Crippen LogP contribution is -2.11. The Morgan fingerprint density at radius 3 is 2.47 bits per heavy atom. The van der Waals surface area contributed by atoms with Crippen LogP contribution in [0.3, 0.4) is 0 Å². The molecule has 98 valence electrons. The normalized spacial score (nSPS) is 10.0. The van der Waals surface area contributed by atoms with Gasteiger partial charge in [0.15, 0.2) is 5.01 Å². The third-order valence-corrected chi connectivity index (χ3v) is 3.34. The number of carbonyl (C=O) groups is 2. The molecule has 0 aliphatic heterocycles. The molecule has 0 saturated heterocycles. The van der Waals surface area contributed by atoms with Crippen LogP contribution in [-0.2, 0) is 4.74 Å². The van der Waals surface area contributed by atoms with Crippen LogP contribution >= 0.6 is 11.3 Å². The van der Waals surface area contributed by atoms with E-state index in [1.807, 2.05) is 12.3 Å². The van der Waals surface area contributed by atoms with Crippen molar-refractivity contribution in [2.75, 3.05) is 12.4 Å². The maximum Gasteiger partial charge on any atom is 0.337 e. The van der Waals surface area contributed by atoms with Crippen LogP contribution in [0.1, 0.15) is 25.9 Å². The highest BCUT2D eigenvalue weighted by atomic mass is 32.1. The van der Waals surface area contributed by atoms with Gasteiger partial charge in [-0.1, -0.05) is 0 Å². The van der Waals surface area contributed by atoms with E-state index in [0.29, 0.717) is 16.3 Å². The Hall–Kier alpha value is -2.21. The summed E-state index contributed by atoms with van der Waals surface area (Å²) in [5.74, 6) is -0.669. The van der Waals surface area contributed by atoms with Gasteiger partial charge in [0, 0.05) is 16.8 Å². The van der Waals surface area contributed by atoms with Gasteiger partial charge in [0.2, 0.25) is 0 Å². The zero-order chi connectivity index (χ0) is 13.8. The van der Waals surface area contributed by atoms with Crippen LogP contribution in [0, 0.1) is 6.92 Å². The SMILES string of the molecule is COC(=O)c1ccc(NC(=O)c2nc(C)cs2)cc1. The molecular formula is C13H12N2O3S. The molecule has 0 radical (unpaired) electrons. The quantitative estimate of drug-likeness (QED) is 0.874. The molecule has 19 heavy (non-hydrogen) atoms. The van der Waals surface area contributed by atoms with Crippen molar-refractivity contribution in [2.45, 2.75) is 6.92 Å². The number of esters is 1. The molecule has 0 aliphatic carbocycles. The van der Waals surface area contributed by atoms with Crippen molar-refractivity contribution in [3.8, 4) is 0 Å². The van der Waals surface area contributed by atoms with Crippen LogP contribution in [-0.4, -0.2) is 24.0 Å². The Morgan fingerprint density at radius 2 is 1.95 bits per heavy atom. The fraction of sp³-hybridized carbons (Fsp3) is 0.154. The van der Waals surface area contributed by atoms with Gasteiger partial charge in [-0.25, -0.2) is 9.78 Å². The number of hydrogen-bond donors (Lipinski definition) is 1. The fourth-order valence-corrected chi connectivity index (χ4v) is 2.14. The summed E-state index contributed by atoms with van der Waals surface area (Å²) in [5.41, 5.74) is 1.85. The molecule has 0 atom stereocenters. The first-order valence-corrected chi connectivity index (χ1v) is 6.40. The molecule has 2 aromatic rings. The molecule has 0 unspecified atom stereocenters. The second-order valence-corrected chi connectivity index (χ2v) is 4.68. The van der Waals surface area contributed by atoms with Gasteiger partial charge in [-0.2, -0.15) is 0 Å². The van der Waals surface area contributed by atoms with Crippen molar-refractivity contribution in [3.63, 3.8) is 0 Å². The Labute approximate surface area is 114 Å². The molecule has 1 aromatic heterocycles. The van der Waals surface area contributed by atoms with E-state index in [1.165, 1.54) is 18.4 Å². The molecule has 1 heterocycles. The second-order valence-electron chi connectivity index (χ2n) is 3.82. The summed E-state index contributed by atoms with van der Waals surface area (Å²) < 4.78 is 4.59. The Balaban J connectivity index is 2.07. The van der Waals surface area contributed by atoms with Gasteiger partial charge in [0.05, 0.1) is 12.7 Å². The number of rotatable bonds is 3. The van der Waals surface area contributed by atoms with Crippen molar-refractivity contribution < 1.29 is 14.3 Å².